The first-order valence-electron chi connectivity index (χ1n) is 5.76. The summed E-state index contributed by atoms with van der Waals surface area (Å²) in [5.74, 6) is 5.25. The van der Waals surface area contributed by atoms with Crippen LogP contribution in [0.3, 0.4) is 0 Å². The minimum Gasteiger partial charge on any atom is -0.271 e. The lowest BCUT2D eigenvalue weighted by Gasteiger charge is -2.17. The first kappa shape index (κ1) is 14.5. The maximum Gasteiger partial charge on any atom is 0.127 e. The van der Waals surface area contributed by atoms with Crippen LogP contribution in [0.25, 0.3) is 0 Å². The minimum absolute atomic E-state index is 0.192. The highest BCUT2D eigenvalue weighted by atomic mass is 79.9. The quantitative estimate of drug-likeness (QED) is 0.651. The van der Waals surface area contributed by atoms with Crippen molar-refractivity contribution < 1.29 is 4.39 Å². The second-order valence-corrected chi connectivity index (χ2v) is 5.50. The van der Waals surface area contributed by atoms with Crippen molar-refractivity contribution in [1.29, 1.82) is 0 Å². The van der Waals surface area contributed by atoms with Gasteiger partial charge in [0.05, 0.1) is 6.04 Å². The first-order chi connectivity index (χ1) is 9.11. The molecule has 0 aliphatic rings. The lowest BCUT2D eigenvalue weighted by atomic mass is 9.99. The Kier molecular flexibility index (Phi) is 4.93. The second kappa shape index (κ2) is 6.48. The molecule has 2 rings (SSSR count). The third-order valence-corrected chi connectivity index (χ3v) is 3.83. The number of hydrogen-bond donors (Lipinski definition) is 2. The van der Waals surface area contributed by atoms with Crippen molar-refractivity contribution in [2.45, 2.75) is 12.5 Å². The molecule has 0 aliphatic heterocycles. The molecule has 1 atom stereocenters. The van der Waals surface area contributed by atoms with E-state index in [0.717, 1.165) is 10.0 Å². The predicted molar refractivity (Wildman–Crippen MR) is 79.3 cm³/mol. The molecule has 0 saturated heterocycles. The molecule has 0 bridgehead atoms. The van der Waals surface area contributed by atoms with Crippen LogP contribution in [-0.2, 0) is 6.42 Å². The SMILES string of the molecule is NNC(Cc1c(F)cccc1Cl)c1ccc(Br)cc1. The molecule has 0 spiro atoms. The molecular formula is C14H13BrClFN2. The summed E-state index contributed by atoms with van der Waals surface area (Å²) in [6.45, 7) is 0. The monoisotopic (exact) mass is 342 g/mol. The van der Waals surface area contributed by atoms with Gasteiger partial charge in [-0.05, 0) is 36.2 Å². The molecule has 0 heterocycles. The normalized spacial score (nSPS) is 12.4. The number of hydrazine groups is 1. The Morgan fingerprint density at radius 3 is 2.47 bits per heavy atom. The van der Waals surface area contributed by atoms with Gasteiger partial charge in [-0.3, -0.25) is 11.3 Å². The standard InChI is InChI=1S/C14H13BrClFN2/c15-10-6-4-9(5-7-10)14(19-18)8-11-12(16)2-1-3-13(11)17/h1-7,14,19H,8,18H2. The molecule has 100 valence electrons. The van der Waals surface area contributed by atoms with Crippen molar-refractivity contribution >= 4 is 27.5 Å². The van der Waals surface area contributed by atoms with E-state index in [2.05, 4.69) is 21.4 Å². The van der Waals surface area contributed by atoms with Crippen molar-refractivity contribution in [2.75, 3.05) is 0 Å². The maximum absolute atomic E-state index is 13.8. The molecule has 1 unspecified atom stereocenters. The number of benzene rings is 2. The Bertz CT molecular complexity index is 540. The fourth-order valence-electron chi connectivity index (χ4n) is 1.90. The van der Waals surface area contributed by atoms with E-state index in [1.807, 2.05) is 24.3 Å². The van der Waals surface area contributed by atoms with Crippen molar-refractivity contribution in [3.8, 4) is 0 Å². The number of hydrogen-bond acceptors (Lipinski definition) is 2. The van der Waals surface area contributed by atoms with Crippen LogP contribution in [0.5, 0.6) is 0 Å². The van der Waals surface area contributed by atoms with E-state index in [1.165, 1.54) is 6.07 Å². The van der Waals surface area contributed by atoms with Crippen LogP contribution in [0.2, 0.25) is 5.02 Å². The van der Waals surface area contributed by atoms with Gasteiger partial charge in [0.25, 0.3) is 0 Å². The largest absolute Gasteiger partial charge is 0.271 e. The maximum atomic E-state index is 13.8. The van der Waals surface area contributed by atoms with E-state index in [9.17, 15) is 4.39 Å². The van der Waals surface area contributed by atoms with Crippen LogP contribution >= 0.6 is 27.5 Å². The highest BCUT2D eigenvalue weighted by Crippen LogP contribution is 2.26. The number of rotatable bonds is 4. The smallest absolute Gasteiger partial charge is 0.127 e. The van der Waals surface area contributed by atoms with Crippen LogP contribution in [0.15, 0.2) is 46.9 Å². The number of nitrogens with two attached hydrogens (primary N) is 1. The predicted octanol–water partition coefficient (Wildman–Crippen LogP) is 3.99. The zero-order valence-corrected chi connectivity index (χ0v) is 12.4. The van der Waals surface area contributed by atoms with E-state index in [0.29, 0.717) is 17.0 Å². The first-order valence-corrected chi connectivity index (χ1v) is 6.93. The summed E-state index contributed by atoms with van der Waals surface area (Å²) in [7, 11) is 0. The molecule has 3 N–H and O–H groups in total. The zero-order valence-electron chi connectivity index (χ0n) is 10.0. The second-order valence-electron chi connectivity index (χ2n) is 4.18. The van der Waals surface area contributed by atoms with Crippen LogP contribution < -0.4 is 11.3 Å². The third kappa shape index (κ3) is 3.54. The van der Waals surface area contributed by atoms with Gasteiger partial charge in [-0.2, -0.15) is 0 Å². The molecule has 19 heavy (non-hydrogen) atoms. The Labute approximate surface area is 124 Å². The Balaban J connectivity index is 2.26. The van der Waals surface area contributed by atoms with Gasteiger partial charge in [0.1, 0.15) is 5.82 Å². The number of nitrogens with one attached hydrogen (secondary N) is 1. The molecule has 2 nitrogen and oxygen atoms in total. The molecule has 0 radical (unpaired) electrons. The third-order valence-electron chi connectivity index (χ3n) is 2.94. The van der Waals surface area contributed by atoms with Gasteiger partial charge in [0.2, 0.25) is 0 Å². The van der Waals surface area contributed by atoms with Crippen LogP contribution in [-0.4, -0.2) is 0 Å². The van der Waals surface area contributed by atoms with E-state index >= 15 is 0 Å². The van der Waals surface area contributed by atoms with Crippen LogP contribution in [0.1, 0.15) is 17.2 Å². The number of halogens is 3. The molecule has 0 aliphatic carbocycles. The van der Waals surface area contributed by atoms with E-state index in [4.69, 9.17) is 17.4 Å². The average molecular weight is 344 g/mol. The van der Waals surface area contributed by atoms with Gasteiger partial charge in [-0.15, -0.1) is 0 Å². The summed E-state index contributed by atoms with van der Waals surface area (Å²) >= 11 is 9.40. The zero-order chi connectivity index (χ0) is 13.8. The molecule has 0 fully saturated rings. The van der Waals surface area contributed by atoms with Crippen molar-refractivity contribution in [3.05, 3.63) is 68.9 Å². The van der Waals surface area contributed by atoms with E-state index < -0.39 is 0 Å². The molecule has 0 amide bonds. The Morgan fingerprint density at radius 1 is 1.21 bits per heavy atom. The lowest BCUT2D eigenvalue weighted by molar-refractivity contribution is 0.529. The van der Waals surface area contributed by atoms with Gasteiger partial charge in [-0.25, -0.2) is 4.39 Å². The molecular weight excluding hydrogens is 331 g/mol. The molecule has 2 aromatic carbocycles. The van der Waals surface area contributed by atoms with E-state index in [-0.39, 0.29) is 11.9 Å². The minimum atomic E-state index is -0.315. The van der Waals surface area contributed by atoms with Gasteiger partial charge in [-0.1, -0.05) is 45.7 Å². The highest BCUT2D eigenvalue weighted by Gasteiger charge is 2.15. The Hall–Kier alpha value is -0.940. The Morgan fingerprint density at radius 2 is 1.89 bits per heavy atom. The summed E-state index contributed by atoms with van der Waals surface area (Å²) in [5, 5.41) is 0.414. The highest BCUT2D eigenvalue weighted by molar-refractivity contribution is 9.10. The van der Waals surface area contributed by atoms with Crippen LogP contribution in [0, 0.1) is 5.82 Å². The lowest BCUT2D eigenvalue weighted by Crippen LogP contribution is -2.29. The summed E-state index contributed by atoms with van der Waals surface area (Å²) in [6.07, 6.45) is 0.392. The fourth-order valence-corrected chi connectivity index (χ4v) is 2.40. The topological polar surface area (TPSA) is 38.0 Å². The summed E-state index contributed by atoms with van der Waals surface area (Å²) in [6, 6.07) is 12.2. The van der Waals surface area contributed by atoms with E-state index in [1.54, 1.807) is 12.1 Å². The van der Waals surface area contributed by atoms with Gasteiger partial charge < -0.3 is 0 Å². The van der Waals surface area contributed by atoms with Crippen LogP contribution in [0.4, 0.5) is 4.39 Å². The summed E-state index contributed by atoms with van der Waals surface area (Å²) in [4.78, 5) is 0. The molecule has 0 aromatic heterocycles. The van der Waals surface area contributed by atoms with Gasteiger partial charge in [0, 0.05) is 15.1 Å². The van der Waals surface area contributed by atoms with Crippen molar-refractivity contribution in [2.24, 2.45) is 5.84 Å². The van der Waals surface area contributed by atoms with Gasteiger partial charge >= 0.3 is 0 Å². The summed E-state index contributed by atoms with van der Waals surface area (Å²) in [5.41, 5.74) is 4.14. The van der Waals surface area contributed by atoms with Crippen molar-refractivity contribution in [3.63, 3.8) is 0 Å². The average Bonchev–Trinajstić information content (AvgIpc) is 2.40. The van der Waals surface area contributed by atoms with Crippen molar-refractivity contribution in [1.82, 2.24) is 5.43 Å². The fraction of sp³-hybridized carbons (Fsp3) is 0.143. The molecule has 2 aromatic rings. The molecule has 5 heteroatoms. The summed E-state index contributed by atoms with van der Waals surface area (Å²) < 4.78 is 14.7. The van der Waals surface area contributed by atoms with Gasteiger partial charge in [0.15, 0.2) is 0 Å². The molecule has 0 saturated carbocycles.